The predicted octanol–water partition coefficient (Wildman–Crippen LogP) is 18.2. The lowest BCUT2D eigenvalue weighted by Crippen LogP contribution is -2.37. The summed E-state index contributed by atoms with van der Waals surface area (Å²) < 4.78 is 0. The molecule has 0 rings (SSSR count). The molecule has 6 nitrogen and oxygen atoms in total. The molecule has 0 aromatic heterocycles. The molecule has 0 fully saturated rings. The molecule has 418 valence electrons. The van der Waals surface area contributed by atoms with Gasteiger partial charge in [-0.1, -0.05) is 193 Å². The highest BCUT2D eigenvalue weighted by Crippen LogP contribution is 2.17. The Morgan fingerprint density at radius 3 is 0.583 bits per heavy atom. The summed E-state index contributed by atoms with van der Waals surface area (Å²) in [5.74, 6) is 0.739. The molecule has 0 aliphatic rings. The summed E-state index contributed by atoms with van der Waals surface area (Å²) in [4.78, 5) is 37.3. The molecule has 0 aromatic carbocycles. The van der Waals surface area contributed by atoms with Crippen molar-refractivity contribution in [2.24, 2.45) is 0 Å². The fourth-order valence-electron chi connectivity index (χ4n) is 10.2. The van der Waals surface area contributed by atoms with Gasteiger partial charge in [0.2, 0.25) is 11.8 Å². The van der Waals surface area contributed by atoms with Gasteiger partial charge in [-0.25, -0.2) is 0 Å². The lowest BCUT2D eigenvalue weighted by molar-refractivity contribution is -0.132. The summed E-state index contributed by atoms with van der Waals surface area (Å²) in [6.07, 6.45) is 53.6. The van der Waals surface area contributed by atoms with Crippen LogP contribution in [-0.2, 0) is 9.59 Å². The van der Waals surface area contributed by atoms with Gasteiger partial charge in [-0.3, -0.25) is 9.59 Å². The highest BCUT2D eigenvalue weighted by molar-refractivity contribution is 5.76. The Balaban J connectivity index is 5.40. The van der Waals surface area contributed by atoms with Crippen LogP contribution >= 0.6 is 0 Å². The Morgan fingerprint density at radius 2 is 0.361 bits per heavy atom. The zero-order valence-corrected chi connectivity index (χ0v) is 48.1. The zero-order chi connectivity index (χ0) is 52.5. The SMILES string of the molecule is [CH]CCCCCCCCCN(CCCCCCCCC[CH])C(=O)CCCCCN(CCCCCC(=O)N(CCCCCCCCC[CH])CCCCCCCCC[CH])CCN(CCCCC[CH])CCCCC[CH]. The van der Waals surface area contributed by atoms with Crippen LogP contribution in [0.4, 0.5) is 0 Å². The van der Waals surface area contributed by atoms with E-state index in [1.807, 2.05) is 0 Å². The molecular weight excluding hydrogens is 881 g/mol. The van der Waals surface area contributed by atoms with E-state index in [-0.39, 0.29) is 0 Å². The van der Waals surface area contributed by atoms with Crippen molar-refractivity contribution in [2.75, 3.05) is 65.4 Å². The average molecular weight is 1000 g/mol. The van der Waals surface area contributed by atoms with E-state index < -0.39 is 0 Å². The maximum absolute atomic E-state index is 13.7. The van der Waals surface area contributed by atoms with E-state index >= 15 is 0 Å². The third kappa shape index (κ3) is 49.7. The molecule has 0 spiro atoms. The quantitative estimate of drug-likeness (QED) is 0.0570. The first-order valence-corrected chi connectivity index (χ1v) is 31.7. The lowest BCUT2D eigenvalue weighted by Gasteiger charge is -2.28. The minimum Gasteiger partial charge on any atom is -0.343 e. The minimum atomic E-state index is 0.369. The van der Waals surface area contributed by atoms with Crippen LogP contribution < -0.4 is 0 Å². The summed E-state index contributed by atoms with van der Waals surface area (Å²) in [5, 5.41) is 0. The number of hydrogen-bond acceptors (Lipinski definition) is 4. The second kappa shape index (κ2) is 59.1. The largest absolute Gasteiger partial charge is 0.343 e. The summed E-state index contributed by atoms with van der Waals surface area (Å²) >= 11 is 0. The van der Waals surface area contributed by atoms with Crippen LogP contribution in [0.1, 0.15) is 308 Å². The number of nitrogens with zero attached hydrogens (tertiary/aromatic N) is 4. The fraction of sp³-hybridized carbons (Fsp3) is 0.879. The Hall–Kier alpha value is -1.14. The Labute approximate surface area is 454 Å². The molecule has 0 unspecified atom stereocenters. The van der Waals surface area contributed by atoms with Crippen LogP contribution in [0.25, 0.3) is 0 Å². The summed E-state index contributed by atoms with van der Waals surface area (Å²) in [6.45, 7) is 44.7. The van der Waals surface area contributed by atoms with Crippen molar-refractivity contribution in [3.63, 3.8) is 0 Å². The summed E-state index contributed by atoms with van der Waals surface area (Å²) in [7, 11) is 0. The molecule has 12 radical (unpaired) electrons. The number of unbranched alkanes of at least 4 members (excludes halogenated alkanes) is 38. The smallest absolute Gasteiger partial charge is 0.222 e. The van der Waals surface area contributed by atoms with Gasteiger partial charge in [-0.05, 0) is 170 Å². The maximum Gasteiger partial charge on any atom is 0.222 e. The first-order chi connectivity index (χ1) is 35.5. The van der Waals surface area contributed by atoms with Crippen molar-refractivity contribution in [2.45, 2.75) is 308 Å². The van der Waals surface area contributed by atoms with Gasteiger partial charge < -0.3 is 19.6 Å². The predicted molar refractivity (Wildman–Crippen MR) is 313 cm³/mol. The summed E-state index contributed by atoms with van der Waals surface area (Å²) in [6, 6.07) is 0. The molecule has 0 aliphatic carbocycles. The van der Waals surface area contributed by atoms with Crippen molar-refractivity contribution < 1.29 is 9.59 Å². The molecule has 0 heterocycles. The van der Waals surface area contributed by atoms with Gasteiger partial charge in [0.05, 0.1) is 0 Å². The molecule has 2 amide bonds. The van der Waals surface area contributed by atoms with Crippen LogP contribution in [0.5, 0.6) is 0 Å². The van der Waals surface area contributed by atoms with Gasteiger partial charge >= 0.3 is 0 Å². The lowest BCUT2D eigenvalue weighted by atomic mass is 10.1. The molecule has 72 heavy (non-hydrogen) atoms. The molecule has 0 atom stereocenters. The van der Waals surface area contributed by atoms with Crippen molar-refractivity contribution in [1.29, 1.82) is 0 Å². The highest BCUT2D eigenvalue weighted by Gasteiger charge is 2.16. The summed E-state index contributed by atoms with van der Waals surface area (Å²) in [5.41, 5.74) is 0. The van der Waals surface area contributed by atoms with Crippen molar-refractivity contribution in [1.82, 2.24) is 19.6 Å². The van der Waals surface area contributed by atoms with Gasteiger partial charge in [0, 0.05) is 52.1 Å². The highest BCUT2D eigenvalue weighted by atomic mass is 16.2. The van der Waals surface area contributed by atoms with Crippen molar-refractivity contribution >= 4 is 11.8 Å². The molecule has 0 aliphatic heterocycles. The number of rotatable bonds is 61. The Kier molecular flexibility index (Phi) is 58.2. The van der Waals surface area contributed by atoms with E-state index in [0.717, 1.165) is 207 Å². The number of hydrogen-bond donors (Lipinski definition) is 0. The average Bonchev–Trinajstić information content (AvgIpc) is 3.38. The first-order valence-electron chi connectivity index (χ1n) is 31.7. The normalized spacial score (nSPS) is 11.7. The monoisotopic (exact) mass is 1000 g/mol. The van der Waals surface area contributed by atoms with E-state index in [1.54, 1.807) is 0 Å². The van der Waals surface area contributed by atoms with Gasteiger partial charge in [-0.15, -0.1) is 0 Å². The van der Waals surface area contributed by atoms with Crippen LogP contribution in [-0.4, -0.2) is 96.9 Å². The van der Waals surface area contributed by atoms with Gasteiger partial charge in [0.15, 0.2) is 0 Å². The van der Waals surface area contributed by atoms with E-state index in [9.17, 15) is 9.59 Å². The Morgan fingerprint density at radius 1 is 0.194 bits per heavy atom. The molecule has 6 heteroatoms. The second-order valence-electron chi connectivity index (χ2n) is 21.8. The van der Waals surface area contributed by atoms with Crippen LogP contribution in [0, 0.1) is 41.5 Å². The van der Waals surface area contributed by atoms with E-state index in [4.69, 9.17) is 41.5 Å². The third-order valence-corrected chi connectivity index (χ3v) is 15.1. The van der Waals surface area contributed by atoms with E-state index in [1.165, 1.54) is 154 Å². The fourth-order valence-corrected chi connectivity index (χ4v) is 10.2. The van der Waals surface area contributed by atoms with Gasteiger partial charge in [-0.2, -0.15) is 0 Å². The van der Waals surface area contributed by atoms with Crippen LogP contribution in [0.3, 0.4) is 0 Å². The van der Waals surface area contributed by atoms with Crippen LogP contribution in [0.15, 0.2) is 0 Å². The van der Waals surface area contributed by atoms with Gasteiger partial charge in [0.25, 0.3) is 0 Å². The van der Waals surface area contributed by atoms with Crippen molar-refractivity contribution in [3.8, 4) is 0 Å². The van der Waals surface area contributed by atoms with Crippen LogP contribution in [0.2, 0.25) is 0 Å². The molecule has 0 bridgehead atoms. The van der Waals surface area contributed by atoms with Crippen molar-refractivity contribution in [3.05, 3.63) is 41.5 Å². The zero-order valence-electron chi connectivity index (χ0n) is 48.1. The van der Waals surface area contributed by atoms with E-state index in [2.05, 4.69) is 19.6 Å². The maximum atomic E-state index is 13.7. The molecule has 0 N–H and O–H groups in total. The first kappa shape index (κ1) is 70.9. The number of carbonyl (C=O) groups excluding carboxylic acids is 2. The van der Waals surface area contributed by atoms with Gasteiger partial charge in [0.1, 0.15) is 0 Å². The topological polar surface area (TPSA) is 47.1 Å². The Bertz CT molecular complexity index is 952. The molecule has 0 saturated heterocycles. The second-order valence-corrected chi connectivity index (χ2v) is 21.8. The molecule has 0 aromatic rings. The number of amides is 2. The third-order valence-electron chi connectivity index (χ3n) is 15.1. The molecular formula is C66H122N4O2. The standard InChI is InChI=1S/C66H122N4O2/c1-7-13-19-25-29-33-37-49-59-69(60-50-38-34-30-26-20-14-8-2)65(71)53-43-41-47-57-68(64-63-67(55-45-23-17-11-5)56-46-24-18-12-6)58-48-42-44-54-66(72)70(61-51-39-35-31-27-21-15-9-3)62-52-40-36-32-28-22-16-10-4/h1-6H,7-64H2. The minimum absolute atomic E-state index is 0.369. The number of carbonyl (C=O) groups is 2. The van der Waals surface area contributed by atoms with E-state index in [0.29, 0.717) is 24.7 Å². The molecule has 0 saturated carbocycles.